The standard InChI is InChI=1S/C51H89N5O31/c1-17-27(52-42(72)22(62)7-12-57)32(67)37(47(77)79-17)84-49-39(34(69)29(19(3)81-49)54-44(74)24(64)9-14-59)86-51-41(36(71)31(21(5)83-51)56-46(76)26(66)11-16-61)87-50-40(35(70)30(20(4)82-50)55-45(75)25(65)10-15-60)85-48-38(78-6)33(68)28(18(2)80-48)53-43(73)23(63)8-13-58/h17-41,47-51,57-71,77H,7-16H2,1-6H3,(H,52,72)(H,53,73)(H,54,74)(H,55,75)(H,56,76)/t17-,18-,19-,20-,21-,22+,23+,24+,25+,26+,27-,28-,29-,30-,31-,32+,33+,34+,35+,36+,37+,38+,39+,40+,41+,47+,48-,49-,50-,51-/m1/s1. The van der Waals surface area contributed by atoms with E-state index in [0.29, 0.717) is 0 Å². The molecule has 5 aliphatic heterocycles. The van der Waals surface area contributed by atoms with E-state index in [1.165, 1.54) is 34.6 Å². The molecule has 0 aromatic rings. The molecule has 5 rings (SSSR count). The van der Waals surface area contributed by atoms with E-state index in [9.17, 15) is 106 Å². The van der Waals surface area contributed by atoms with Crippen LogP contribution < -0.4 is 26.6 Å². The molecule has 0 aromatic heterocycles. The van der Waals surface area contributed by atoms with Gasteiger partial charge in [0.15, 0.2) is 31.5 Å². The molecule has 30 atom stereocenters. The van der Waals surface area contributed by atoms with E-state index in [2.05, 4.69) is 26.6 Å². The molecule has 5 heterocycles. The van der Waals surface area contributed by atoms with Crippen molar-refractivity contribution in [2.24, 2.45) is 0 Å². The van der Waals surface area contributed by atoms with Gasteiger partial charge in [-0.2, -0.15) is 0 Å². The van der Waals surface area contributed by atoms with Crippen LogP contribution in [0.15, 0.2) is 0 Å². The Bertz CT molecular complexity index is 2170. The van der Waals surface area contributed by atoms with Crippen molar-refractivity contribution in [1.82, 2.24) is 26.6 Å². The predicted octanol–water partition coefficient (Wildman–Crippen LogP) is -11.8. The van der Waals surface area contributed by atoms with Crippen molar-refractivity contribution in [1.29, 1.82) is 0 Å². The van der Waals surface area contributed by atoms with Gasteiger partial charge in [-0.15, -0.1) is 0 Å². The molecule has 87 heavy (non-hydrogen) atoms. The molecular weight excluding hydrogens is 1180 g/mol. The number of hydrogen-bond acceptors (Lipinski definition) is 31. The second-order valence-electron chi connectivity index (χ2n) is 21.9. The summed E-state index contributed by atoms with van der Waals surface area (Å²) < 4.78 is 61.3. The van der Waals surface area contributed by atoms with Crippen LogP contribution in [-0.2, 0) is 71.3 Å². The van der Waals surface area contributed by atoms with Gasteiger partial charge in [0.1, 0.15) is 91.6 Å². The quantitative estimate of drug-likeness (QED) is 0.0331. The molecule has 0 spiro atoms. The highest BCUT2D eigenvalue weighted by atomic mass is 16.8. The topological polar surface area (TPSA) is 561 Å². The number of ether oxygens (including phenoxy) is 10. The van der Waals surface area contributed by atoms with Crippen LogP contribution in [0.3, 0.4) is 0 Å². The average Bonchev–Trinajstić information content (AvgIpc) is 2.52. The van der Waals surface area contributed by atoms with Crippen LogP contribution in [-0.4, -0.2) is 335 Å². The Balaban J connectivity index is 1.61. The second-order valence-corrected chi connectivity index (χ2v) is 21.9. The Morgan fingerprint density at radius 3 is 0.770 bits per heavy atom. The number of aliphatic hydroxyl groups is 16. The van der Waals surface area contributed by atoms with Gasteiger partial charge in [0.25, 0.3) is 0 Å². The Labute approximate surface area is 498 Å². The van der Waals surface area contributed by atoms with Crippen LogP contribution in [0.1, 0.15) is 66.7 Å². The lowest BCUT2D eigenvalue weighted by Crippen LogP contribution is -2.71. The number of aliphatic hydroxyl groups excluding tert-OH is 16. The van der Waals surface area contributed by atoms with Crippen LogP contribution in [0.5, 0.6) is 0 Å². The molecule has 0 aromatic carbocycles. The minimum absolute atomic E-state index is 0.368. The van der Waals surface area contributed by atoms with E-state index >= 15 is 0 Å². The Hall–Kier alpha value is -3.69. The zero-order valence-corrected chi connectivity index (χ0v) is 48.7. The van der Waals surface area contributed by atoms with Crippen molar-refractivity contribution >= 4 is 29.5 Å². The van der Waals surface area contributed by atoms with Gasteiger partial charge in [0.2, 0.25) is 29.5 Å². The van der Waals surface area contributed by atoms with Crippen LogP contribution >= 0.6 is 0 Å². The largest absolute Gasteiger partial charge is 0.396 e. The van der Waals surface area contributed by atoms with Gasteiger partial charge in [-0.25, -0.2) is 0 Å². The molecule has 0 unspecified atom stereocenters. The molecule has 0 bridgehead atoms. The fourth-order valence-electron chi connectivity index (χ4n) is 10.6. The molecule has 0 aliphatic carbocycles. The normalized spacial score (nSPS) is 40.0. The highest BCUT2D eigenvalue weighted by molar-refractivity contribution is 5.82. The number of carbonyl (C=O) groups is 5. The Morgan fingerprint density at radius 1 is 0.345 bits per heavy atom. The maximum atomic E-state index is 13.4. The Morgan fingerprint density at radius 2 is 0.540 bits per heavy atom. The van der Waals surface area contributed by atoms with Gasteiger partial charge in [-0.3, -0.25) is 24.0 Å². The Kier molecular flexibility index (Phi) is 29.0. The van der Waals surface area contributed by atoms with Gasteiger partial charge in [-0.05, 0) is 34.6 Å². The molecule has 5 saturated heterocycles. The van der Waals surface area contributed by atoms with E-state index < -0.39 is 272 Å². The van der Waals surface area contributed by atoms with Crippen molar-refractivity contribution in [2.45, 2.75) is 250 Å². The molecule has 5 amide bonds. The van der Waals surface area contributed by atoms with Gasteiger partial charge in [-0.1, -0.05) is 0 Å². The number of amides is 5. The monoisotopic (exact) mass is 1270 g/mol. The first-order valence-corrected chi connectivity index (χ1v) is 28.6. The van der Waals surface area contributed by atoms with Crippen LogP contribution in [0, 0.1) is 0 Å². The zero-order chi connectivity index (χ0) is 64.9. The fourth-order valence-corrected chi connectivity index (χ4v) is 10.6. The van der Waals surface area contributed by atoms with E-state index in [-0.39, 0.29) is 6.42 Å². The second kappa shape index (κ2) is 34.1. The average molecular weight is 1270 g/mol. The molecule has 504 valence electrons. The minimum atomic E-state index is -2.14. The van der Waals surface area contributed by atoms with E-state index in [1.54, 1.807) is 0 Å². The minimum Gasteiger partial charge on any atom is -0.396 e. The third kappa shape index (κ3) is 18.5. The first kappa shape index (κ1) is 74.0. The molecule has 0 radical (unpaired) electrons. The van der Waals surface area contributed by atoms with Gasteiger partial charge < -0.3 is 156 Å². The van der Waals surface area contributed by atoms with Crippen molar-refractivity contribution in [3.63, 3.8) is 0 Å². The summed E-state index contributed by atoms with van der Waals surface area (Å²) in [5, 5.41) is 183. The summed E-state index contributed by atoms with van der Waals surface area (Å²) in [6.45, 7) is 3.51. The van der Waals surface area contributed by atoms with Gasteiger partial charge in [0.05, 0.1) is 60.7 Å². The molecule has 21 N–H and O–H groups in total. The van der Waals surface area contributed by atoms with Crippen LogP contribution in [0.2, 0.25) is 0 Å². The third-order valence-corrected chi connectivity index (χ3v) is 15.7. The smallest absolute Gasteiger partial charge is 0.249 e. The summed E-state index contributed by atoms with van der Waals surface area (Å²) in [5.41, 5.74) is 0. The van der Waals surface area contributed by atoms with Crippen molar-refractivity contribution in [3.05, 3.63) is 0 Å². The van der Waals surface area contributed by atoms with Crippen LogP contribution in [0.4, 0.5) is 0 Å². The summed E-state index contributed by atoms with van der Waals surface area (Å²) in [6.07, 6.45) is -47.7. The molecular formula is C51H89N5O31. The number of hydrogen-bond donors (Lipinski definition) is 21. The number of rotatable bonds is 29. The maximum absolute atomic E-state index is 13.4. The van der Waals surface area contributed by atoms with Crippen molar-refractivity contribution < 1.29 is 153 Å². The maximum Gasteiger partial charge on any atom is 0.249 e. The molecule has 5 fully saturated rings. The molecule has 5 aliphatic rings. The highest BCUT2D eigenvalue weighted by Crippen LogP contribution is 2.37. The van der Waals surface area contributed by atoms with Crippen molar-refractivity contribution in [2.75, 3.05) is 40.1 Å². The SMILES string of the molecule is CO[C@@H]1[C@@H](O[C@@H]2[C@@H](O[C@@H]3[C@@H](O[C@@H]4[C@@H](O[C@H]5[C@@H](O)[C@H](NC(=O)[C@@H](O)CCO)[C@@H](C)O[C@@H]5O)O[C@H](C)[C@@H](NC(=O)[C@@H](O)CCO)[C@@H]4O)O[C@H](C)[C@@H](NC(=O)[C@@H](O)CCO)[C@@H]3O)O[C@H](C)[C@@H](NC(=O)[C@@H](O)CCO)[C@@H]2O)O[C@H](C)[C@@H](NC(=O)[C@@H](O)CCO)[C@@H]1O. The molecule has 36 heteroatoms. The zero-order valence-electron chi connectivity index (χ0n) is 48.7. The summed E-state index contributed by atoms with van der Waals surface area (Å²) in [7, 11) is 1.10. The van der Waals surface area contributed by atoms with E-state index in [4.69, 9.17) is 47.4 Å². The third-order valence-electron chi connectivity index (χ3n) is 15.7. The first-order valence-electron chi connectivity index (χ1n) is 28.6. The van der Waals surface area contributed by atoms with E-state index in [0.717, 1.165) is 7.11 Å². The predicted molar refractivity (Wildman–Crippen MR) is 282 cm³/mol. The van der Waals surface area contributed by atoms with Crippen LogP contribution in [0.25, 0.3) is 0 Å². The number of methoxy groups -OCH3 is 1. The fraction of sp³-hybridized carbons (Fsp3) is 0.902. The van der Waals surface area contributed by atoms with Gasteiger partial charge >= 0.3 is 0 Å². The number of carbonyl (C=O) groups excluding carboxylic acids is 5. The first-order chi connectivity index (χ1) is 41.1. The molecule has 36 nitrogen and oxygen atoms in total. The summed E-state index contributed by atoms with van der Waals surface area (Å²) in [5.74, 6) is -5.46. The summed E-state index contributed by atoms with van der Waals surface area (Å²) in [4.78, 5) is 65.7. The lowest BCUT2D eigenvalue weighted by molar-refractivity contribution is -0.395. The lowest BCUT2D eigenvalue weighted by Gasteiger charge is -2.51. The van der Waals surface area contributed by atoms with Crippen molar-refractivity contribution in [3.8, 4) is 0 Å². The van der Waals surface area contributed by atoms with Gasteiger partial charge in [0, 0.05) is 72.2 Å². The lowest BCUT2D eigenvalue weighted by atomic mass is 9.93. The highest BCUT2D eigenvalue weighted by Gasteiger charge is 2.58. The van der Waals surface area contributed by atoms with E-state index in [1.807, 2.05) is 0 Å². The number of nitrogens with one attached hydrogen (secondary N) is 5. The summed E-state index contributed by atoms with van der Waals surface area (Å²) >= 11 is 0. The molecule has 0 saturated carbocycles. The summed E-state index contributed by atoms with van der Waals surface area (Å²) in [6, 6.07) is -7.59.